The standard InChI is InChI=1S/C16H13FN2O2/c1-10-6-11(8-18)2-3-13(10)9-21-16(20)12-4-5-14(17)15(19)7-12/h2-7H,9,19H2,1H3. The van der Waals surface area contributed by atoms with Gasteiger partial charge in [0.05, 0.1) is 22.9 Å². The molecule has 0 aliphatic carbocycles. The molecule has 0 bridgehead atoms. The summed E-state index contributed by atoms with van der Waals surface area (Å²) in [6, 6.07) is 10.8. The first-order valence-electron chi connectivity index (χ1n) is 6.23. The monoisotopic (exact) mass is 284 g/mol. The van der Waals surface area contributed by atoms with Gasteiger partial charge in [0.1, 0.15) is 12.4 Å². The second kappa shape index (κ2) is 6.06. The zero-order valence-corrected chi connectivity index (χ0v) is 11.4. The molecule has 4 nitrogen and oxygen atoms in total. The molecule has 0 saturated carbocycles. The SMILES string of the molecule is Cc1cc(C#N)ccc1COC(=O)c1ccc(F)c(N)c1. The van der Waals surface area contributed by atoms with Crippen molar-refractivity contribution in [1.29, 1.82) is 5.26 Å². The summed E-state index contributed by atoms with van der Waals surface area (Å²) in [5.41, 5.74) is 7.72. The van der Waals surface area contributed by atoms with E-state index in [9.17, 15) is 9.18 Å². The lowest BCUT2D eigenvalue weighted by Gasteiger charge is -2.08. The van der Waals surface area contributed by atoms with Crippen molar-refractivity contribution in [2.75, 3.05) is 5.73 Å². The fraction of sp³-hybridized carbons (Fsp3) is 0.125. The molecule has 0 amide bonds. The smallest absolute Gasteiger partial charge is 0.338 e. The predicted octanol–water partition coefficient (Wildman–Crippen LogP) is 2.95. The van der Waals surface area contributed by atoms with Crippen LogP contribution in [0.15, 0.2) is 36.4 Å². The Morgan fingerprint density at radius 2 is 2.10 bits per heavy atom. The van der Waals surface area contributed by atoms with E-state index in [1.807, 2.05) is 13.0 Å². The summed E-state index contributed by atoms with van der Waals surface area (Å²) in [7, 11) is 0. The minimum atomic E-state index is -0.578. The molecule has 2 aromatic carbocycles. The third-order valence-corrected chi connectivity index (χ3v) is 3.06. The van der Waals surface area contributed by atoms with Crippen molar-refractivity contribution in [3.8, 4) is 6.07 Å². The van der Waals surface area contributed by atoms with Crippen molar-refractivity contribution in [3.05, 3.63) is 64.5 Å². The molecular formula is C16H13FN2O2. The summed E-state index contributed by atoms with van der Waals surface area (Å²) in [5, 5.41) is 8.79. The number of esters is 1. The van der Waals surface area contributed by atoms with Gasteiger partial charge in [0.15, 0.2) is 0 Å². The van der Waals surface area contributed by atoms with Gasteiger partial charge in [-0.05, 0) is 48.4 Å². The van der Waals surface area contributed by atoms with Crippen molar-refractivity contribution < 1.29 is 13.9 Å². The van der Waals surface area contributed by atoms with Gasteiger partial charge in [-0.25, -0.2) is 9.18 Å². The first kappa shape index (κ1) is 14.5. The number of benzene rings is 2. The first-order chi connectivity index (χ1) is 10.0. The molecule has 0 heterocycles. The fourth-order valence-electron chi connectivity index (χ4n) is 1.82. The van der Waals surface area contributed by atoms with Crippen LogP contribution in [0.4, 0.5) is 10.1 Å². The quantitative estimate of drug-likeness (QED) is 0.694. The van der Waals surface area contributed by atoms with Crippen LogP contribution in [0.5, 0.6) is 0 Å². The summed E-state index contributed by atoms with van der Waals surface area (Å²) in [6.07, 6.45) is 0. The van der Waals surface area contributed by atoms with E-state index in [4.69, 9.17) is 15.7 Å². The van der Waals surface area contributed by atoms with Crippen LogP contribution in [0.25, 0.3) is 0 Å². The van der Waals surface area contributed by atoms with Crippen LogP contribution in [0.3, 0.4) is 0 Å². The van der Waals surface area contributed by atoms with Crippen molar-refractivity contribution >= 4 is 11.7 Å². The molecule has 0 fully saturated rings. The average Bonchev–Trinajstić information content (AvgIpc) is 2.48. The van der Waals surface area contributed by atoms with E-state index in [1.165, 1.54) is 12.1 Å². The third kappa shape index (κ3) is 3.37. The number of aryl methyl sites for hydroxylation is 1. The highest BCUT2D eigenvalue weighted by atomic mass is 19.1. The van der Waals surface area contributed by atoms with Gasteiger partial charge >= 0.3 is 5.97 Å². The number of halogens is 1. The molecule has 21 heavy (non-hydrogen) atoms. The highest BCUT2D eigenvalue weighted by Crippen LogP contribution is 2.15. The first-order valence-corrected chi connectivity index (χ1v) is 6.23. The molecule has 2 rings (SSSR count). The highest BCUT2D eigenvalue weighted by Gasteiger charge is 2.10. The molecule has 0 atom stereocenters. The van der Waals surface area contributed by atoms with Gasteiger partial charge in [-0.3, -0.25) is 0 Å². The van der Waals surface area contributed by atoms with E-state index >= 15 is 0 Å². The van der Waals surface area contributed by atoms with E-state index in [2.05, 4.69) is 0 Å². The van der Waals surface area contributed by atoms with E-state index < -0.39 is 11.8 Å². The lowest BCUT2D eigenvalue weighted by Crippen LogP contribution is -2.07. The highest BCUT2D eigenvalue weighted by molar-refractivity contribution is 5.90. The number of nitrogen functional groups attached to an aromatic ring is 1. The molecule has 0 unspecified atom stereocenters. The Balaban J connectivity index is 2.07. The maximum absolute atomic E-state index is 13.0. The Labute approximate surface area is 121 Å². The minimum Gasteiger partial charge on any atom is -0.457 e. The normalized spacial score (nSPS) is 9.95. The molecule has 0 spiro atoms. The Kier molecular flexibility index (Phi) is 4.19. The van der Waals surface area contributed by atoms with E-state index in [0.29, 0.717) is 5.56 Å². The van der Waals surface area contributed by atoms with Gasteiger partial charge in [0.25, 0.3) is 0 Å². The molecule has 0 aliphatic heterocycles. The van der Waals surface area contributed by atoms with Gasteiger partial charge in [0, 0.05) is 0 Å². The summed E-state index contributed by atoms with van der Waals surface area (Å²) in [5.74, 6) is -1.15. The van der Waals surface area contributed by atoms with Gasteiger partial charge in [-0.15, -0.1) is 0 Å². The number of hydrogen-bond donors (Lipinski definition) is 1. The molecular weight excluding hydrogens is 271 g/mol. The summed E-state index contributed by atoms with van der Waals surface area (Å²) in [4.78, 5) is 11.9. The van der Waals surface area contributed by atoms with Gasteiger partial charge in [-0.1, -0.05) is 6.07 Å². The van der Waals surface area contributed by atoms with E-state index in [1.54, 1.807) is 18.2 Å². The molecule has 2 N–H and O–H groups in total. The minimum absolute atomic E-state index is 0.0770. The number of anilines is 1. The second-order valence-electron chi connectivity index (χ2n) is 4.57. The molecule has 106 valence electrons. The fourth-order valence-corrected chi connectivity index (χ4v) is 1.82. The van der Waals surface area contributed by atoms with Gasteiger partial charge in [-0.2, -0.15) is 5.26 Å². The van der Waals surface area contributed by atoms with E-state index in [-0.39, 0.29) is 17.9 Å². The molecule has 2 aromatic rings. The summed E-state index contributed by atoms with van der Waals surface area (Å²) in [6.45, 7) is 1.91. The zero-order valence-electron chi connectivity index (χ0n) is 11.4. The van der Waals surface area contributed by atoms with Crippen molar-refractivity contribution in [2.45, 2.75) is 13.5 Å². The van der Waals surface area contributed by atoms with Crippen LogP contribution in [0.1, 0.15) is 27.0 Å². The van der Waals surface area contributed by atoms with Crippen LogP contribution in [0.2, 0.25) is 0 Å². The number of ether oxygens (including phenoxy) is 1. The van der Waals surface area contributed by atoms with Crippen LogP contribution in [-0.2, 0) is 11.3 Å². The molecule has 0 aliphatic rings. The van der Waals surface area contributed by atoms with Crippen LogP contribution < -0.4 is 5.73 Å². The zero-order chi connectivity index (χ0) is 15.4. The third-order valence-electron chi connectivity index (χ3n) is 3.06. The topological polar surface area (TPSA) is 76.1 Å². The molecule has 0 radical (unpaired) electrons. The van der Waals surface area contributed by atoms with Gasteiger partial charge < -0.3 is 10.5 Å². The molecule has 5 heteroatoms. The Morgan fingerprint density at radius 1 is 1.33 bits per heavy atom. The summed E-state index contributed by atoms with van der Waals surface area (Å²) >= 11 is 0. The lowest BCUT2D eigenvalue weighted by atomic mass is 10.1. The van der Waals surface area contributed by atoms with Crippen molar-refractivity contribution in [3.63, 3.8) is 0 Å². The molecule has 0 aromatic heterocycles. The maximum Gasteiger partial charge on any atom is 0.338 e. The number of nitriles is 1. The van der Waals surface area contributed by atoms with Crippen LogP contribution in [-0.4, -0.2) is 5.97 Å². The largest absolute Gasteiger partial charge is 0.457 e. The number of hydrogen-bond acceptors (Lipinski definition) is 4. The summed E-state index contributed by atoms with van der Waals surface area (Å²) < 4.78 is 18.2. The lowest BCUT2D eigenvalue weighted by molar-refractivity contribution is 0.0472. The van der Waals surface area contributed by atoms with Crippen LogP contribution >= 0.6 is 0 Å². The average molecular weight is 284 g/mol. The molecule has 0 saturated heterocycles. The second-order valence-corrected chi connectivity index (χ2v) is 4.57. The Morgan fingerprint density at radius 3 is 2.71 bits per heavy atom. The van der Waals surface area contributed by atoms with Gasteiger partial charge in [0.2, 0.25) is 0 Å². The van der Waals surface area contributed by atoms with Crippen molar-refractivity contribution in [2.24, 2.45) is 0 Å². The Bertz CT molecular complexity index is 736. The number of carbonyl (C=O) groups is 1. The maximum atomic E-state index is 13.0. The number of rotatable bonds is 3. The number of nitrogens with two attached hydrogens (primary N) is 1. The number of carbonyl (C=O) groups excluding carboxylic acids is 1. The Hall–Kier alpha value is -2.87. The van der Waals surface area contributed by atoms with Crippen LogP contribution in [0, 0.1) is 24.1 Å². The predicted molar refractivity (Wildman–Crippen MR) is 75.8 cm³/mol. The number of nitrogens with zero attached hydrogens (tertiary/aromatic N) is 1. The van der Waals surface area contributed by atoms with Crippen molar-refractivity contribution in [1.82, 2.24) is 0 Å². The van der Waals surface area contributed by atoms with E-state index in [0.717, 1.165) is 17.2 Å².